The fourth-order valence-corrected chi connectivity index (χ4v) is 3.20. The van der Waals surface area contributed by atoms with Crippen LogP contribution in [-0.4, -0.2) is 15.0 Å². The van der Waals surface area contributed by atoms with Gasteiger partial charge >= 0.3 is 0 Å². The van der Waals surface area contributed by atoms with E-state index in [9.17, 15) is 0 Å². The molecule has 0 radical (unpaired) electrons. The summed E-state index contributed by atoms with van der Waals surface area (Å²) in [5, 5.41) is 6.57. The number of benzene rings is 2. The van der Waals surface area contributed by atoms with Crippen molar-refractivity contribution in [2.24, 2.45) is 5.92 Å². The van der Waals surface area contributed by atoms with E-state index in [1.165, 1.54) is 5.56 Å². The third-order valence-corrected chi connectivity index (χ3v) is 4.72. The number of nitrogens with zero attached hydrogens (tertiary/aromatic N) is 3. The summed E-state index contributed by atoms with van der Waals surface area (Å²) in [5.41, 5.74) is 5.68. The van der Waals surface area contributed by atoms with Crippen molar-refractivity contribution < 1.29 is 0 Å². The zero-order valence-electron chi connectivity index (χ0n) is 18.2. The first kappa shape index (κ1) is 21.1. The summed E-state index contributed by atoms with van der Waals surface area (Å²) in [6, 6.07) is 20.2. The first-order valence-corrected chi connectivity index (χ1v) is 10.6. The van der Waals surface area contributed by atoms with Gasteiger partial charge in [0.05, 0.1) is 29.3 Å². The Morgan fingerprint density at radius 3 is 2.25 bits per heavy atom. The van der Waals surface area contributed by atoms with Crippen molar-refractivity contribution in [3.8, 4) is 11.8 Å². The molecule has 0 amide bonds. The number of rotatable bonds is 6. The van der Waals surface area contributed by atoms with Crippen LogP contribution in [0.4, 0.5) is 23.0 Å². The predicted octanol–water partition coefficient (Wildman–Crippen LogP) is 5.96. The van der Waals surface area contributed by atoms with Crippen LogP contribution in [0.15, 0.2) is 85.5 Å². The molecule has 5 heteroatoms. The molecule has 0 bridgehead atoms. The summed E-state index contributed by atoms with van der Waals surface area (Å²) in [6.45, 7) is 4.45. The van der Waals surface area contributed by atoms with E-state index < -0.39 is 0 Å². The Morgan fingerprint density at radius 1 is 0.781 bits per heavy atom. The molecule has 4 rings (SSSR count). The van der Waals surface area contributed by atoms with Crippen LogP contribution in [0, 0.1) is 17.8 Å². The van der Waals surface area contributed by atoms with Crippen molar-refractivity contribution >= 4 is 23.0 Å². The molecule has 0 saturated heterocycles. The molecule has 4 aromatic rings. The van der Waals surface area contributed by atoms with E-state index >= 15 is 0 Å². The Kier molecular flexibility index (Phi) is 6.74. The van der Waals surface area contributed by atoms with Crippen LogP contribution in [0.2, 0.25) is 0 Å². The molecular weight excluding hydrogens is 394 g/mol. The summed E-state index contributed by atoms with van der Waals surface area (Å²) >= 11 is 0. The highest BCUT2D eigenvalue weighted by molar-refractivity contribution is 5.66. The van der Waals surface area contributed by atoms with Crippen molar-refractivity contribution in [1.82, 2.24) is 15.0 Å². The van der Waals surface area contributed by atoms with Crippen molar-refractivity contribution in [2.45, 2.75) is 20.3 Å². The molecule has 0 spiro atoms. The SMILES string of the molecule is CC(C)Cc1ccc(Nc2ncc(Nc3ccncc3C#Cc3ccccc3)cn2)cc1. The van der Waals surface area contributed by atoms with E-state index in [1.54, 1.807) is 24.8 Å². The smallest absolute Gasteiger partial charge is 0.227 e. The summed E-state index contributed by atoms with van der Waals surface area (Å²) < 4.78 is 0. The summed E-state index contributed by atoms with van der Waals surface area (Å²) in [7, 11) is 0. The van der Waals surface area contributed by atoms with Crippen LogP contribution in [-0.2, 0) is 6.42 Å². The topological polar surface area (TPSA) is 62.7 Å². The molecule has 0 aliphatic carbocycles. The maximum Gasteiger partial charge on any atom is 0.227 e. The molecule has 0 atom stereocenters. The number of hydrogen-bond donors (Lipinski definition) is 2. The number of hydrogen-bond acceptors (Lipinski definition) is 5. The van der Waals surface area contributed by atoms with Crippen LogP contribution in [0.25, 0.3) is 0 Å². The van der Waals surface area contributed by atoms with Gasteiger partial charge in [-0.1, -0.05) is 56.0 Å². The summed E-state index contributed by atoms with van der Waals surface area (Å²) in [6.07, 6.45) is 8.05. The standard InChI is InChI=1S/C27H25N5/c1-20(2)16-22-9-12-24(13-10-22)32-27-29-18-25(19-30-27)31-26-14-15-28-17-23(26)11-8-21-6-4-3-5-7-21/h3-7,9-10,12-15,17-20H,16H2,1-2H3,(H,28,31)(H,29,30,32). The van der Waals surface area contributed by atoms with Gasteiger partial charge in [0, 0.05) is 23.6 Å². The lowest BCUT2D eigenvalue weighted by Gasteiger charge is -2.10. The van der Waals surface area contributed by atoms with Crippen molar-refractivity contribution in [1.29, 1.82) is 0 Å². The minimum Gasteiger partial charge on any atom is -0.352 e. The van der Waals surface area contributed by atoms with E-state index in [0.29, 0.717) is 11.9 Å². The van der Waals surface area contributed by atoms with Gasteiger partial charge in [-0.2, -0.15) is 0 Å². The van der Waals surface area contributed by atoms with Crippen LogP contribution in [0.3, 0.4) is 0 Å². The molecule has 0 aliphatic rings. The highest BCUT2D eigenvalue weighted by atomic mass is 15.1. The van der Waals surface area contributed by atoms with E-state index in [-0.39, 0.29) is 0 Å². The summed E-state index contributed by atoms with van der Waals surface area (Å²) in [4.78, 5) is 13.1. The van der Waals surface area contributed by atoms with E-state index in [2.05, 4.69) is 75.5 Å². The average molecular weight is 420 g/mol. The Bertz CT molecular complexity index is 1200. The van der Waals surface area contributed by atoms with Gasteiger partial charge in [-0.05, 0) is 48.2 Å². The quantitative estimate of drug-likeness (QED) is 0.378. The molecule has 158 valence electrons. The van der Waals surface area contributed by atoms with Gasteiger partial charge in [0.1, 0.15) is 0 Å². The number of pyridine rings is 1. The molecule has 0 aliphatic heterocycles. The van der Waals surface area contributed by atoms with E-state index in [1.807, 2.05) is 36.4 Å². The monoisotopic (exact) mass is 419 g/mol. The van der Waals surface area contributed by atoms with Crippen molar-refractivity contribution in [3.05, 3.63) is 102 Å². The molecule has 2 heterocycles. The van der Waals surface area contributed by atoms with Gasteiger partial charge in [0.15, 0.2) is 0 Å². The molecule has 0 unspecified atom stereocenters. The second-order valence-electron chi connectivity index (χ2n) is 7.88. The highest BCUT2D eigenvalue weighted by Crippen LogP contribution is 2.20. The van der Waals surface area contributed by atoms with Crippen LogP contribution in [0.5, 0.6) is 0 Å². The van der Waals surface area contributed by atoms with Gasteiger partial charge in [-0.15, -0.1) is 0 Å². The molecule has 5 nitrogen and oxygen atoms in total. The lowest BCUT2D eigenvalue weighted by molar-refractivity contribution is 0.647. The lowest BCUT2D eigenvalue weighted by atomic mass is 10.0. The Morgan fingerprint density at radius 2 is 1.53 bits per heavy atom. The number of anilines is 4. The Hall–Kier alpha value is -4.17. The van der Waals surface area contributed by atoms with E-state index in [0.717, 1.165) is 34.6 Å². The molecular formula is C27H25N5. The maximum atomic E-state index is 4.43. The second-order valence-corrected chi connectivity index (χ2v) is 7.88. The highest BCUT2D eigenvalue weighted by Gasteiger charge is 2.04. The average Bonchev–Trinajstić information content (AvgIpc) is 2.81. The minimum absolute atomic E-state index is 0.547. The second kappa shape index (κ2) is 10.2. The zero-order valence-corrected chi connectivity index (χ0v) is 18.2. The molecule has 2 N–H and O–H groups in total. The first-order valence-electron chi connectivity index (χ1n) is 10.6. The molecule has 0 saturated carbocycles. The molecule has 32 heavy (non-hydrogen) atoms. The van der Waals surface area contributed by atoms with Gasteiger partial charge in [-0.25, -0.2) is 9.97 Å². The van der Waals surface area contributed by atoms with Crippen LogP contribution < -0.4 is 10.6 Å². The van der Waals surface area contributed by atoms with Crippen LogP contribution in [0.1, 0.15) is 30.5 Å². The molecule has 2 aromatic heterocycles. The fourth-order valence-electron chi connectivity index (χ4n) is 3.20. The van der Waals surface area contributed by atoms with Gasteiger partial charge < -0.3 is 10.6 Å². The predicted molar refractivity (Wildman–Crippen MR) is 130 cm³/mol. The Labute approximate surface area is 189 Å². The first-order chi connectivity index (χ1) is 15.7. The maximum absolute atomic E-state index is 4.43. The third kappa shape index (κ3) is 5.93. The van der Waals surface area contributed by atoms with Crippen molar-refractivity contribution in [2.75, 3.05) is 10.6 Å². The van der Waals surface area contributed by atoms with E-state index in [4.69, 9.17) is 0 Å². The zero-order chi connectivity index (χ0) is 22.2. The Balaban J connectivity index is 1.43. The largest absolute Gasteiger partial charge is 0.352 e. The van der Waals surface area contributed by atoms with Gasteiger partial charge in [-0.3, -0.25) is 4.98 Å². The molecule has 2 aromatic carbocycles. The fraction of sp³-hybridized carbons (Fsp3) is 0.148. The summed E-state index contributed by atoms with van der Waals surface area (Å²) in [5.74, 6) is 7.54. The van der Waals surface area contributed by atoms with Crippen LogP contribution >= 0.6 is 0 Å². The van der Waals surface area contributed by atoms with Gasteiger partial charge in [0.2, 0.25) is 5.95 Å². The number of nitrogens with one attached hydrogen (secondary N) is 2. The third-order valence-electron chi connectivity index (χ3n) is 4.72. The van der Waals surface area contributed by atoms with Crippen molar-refractivity contribution in [3.63, 3.8) is 0 Å². The number of aromatic nitrogens is 3. The minimum atomic E-state index is 0.547. The normalized spacial score (nSPS) is 10.3. The lowest BCUT2D eigenvalue weighted by Crippen LogP contribution is -2.00. The molecule has 0 fully saturated rings. The van der Waals surface area contributed by atoms with Gasteiger partial charge in [0.25, 0.3) is 0 Å².